The average molecular weight is 134 g/mol. The maximum absolute atomic E-state index is 9.81. The normalized spacial score (nSPS) is 10.9. The van der Waals surface area contributed by atoms with E-state index in [-0.39, 0.29) is 14.8 Å². The molecule has 2 nitrogen and oxygen atoms in total. The molecule has 0 fully saturated rings. The van der Waals surface area contributed by atoms with Crippen LogP contribution in [0.15, 0.2) is 0 Å². The van der Waals surface area contributed by atoms with Gasteiger partial charge >= 0.3 is 8.69 Å². The molecule has 0 aromatic rings. The van der Waals surface area contributed by atoms with Crippen LogP contribution < -0.4 is 0 Å². The summed E-state index contributed by atoms with van der Waals surface area (Å²) in [5.74, 6) is 0. The van der Waals surface area contributed by atoms with Gasteiger partial charge in [-0.2, -0.15) is 0 Å². The Hall–Kier alpha value is 0.0600. The topological polar surface area (TPSA) is 26.3 Å². The predicted molar refractivity (Wildman–Crippen MR) is 33.1 cm³/mol. The molecule has 0 unspecified atom stereocenters. The van der Waals surface area contributed by atoms with E-state index in [4.69, 9.17) is 4.52 Å². The summed E-state index contributed by atoms with van der Waals surface area (Å²) in [6.45, 7) is 4.03. The molecule has 48 valence electrons. The molecule has 8 heavy (non-hydrogen) atoms. The Morgan fingerprint density at radius 1 is 1.50 bits per heavy atom. The fraction of sp³-hybridized carbons (Fsp3) is 1.00. The molecular formula is C5H11O2P. The molecule has 0 heterocycles. The van der Waals surface area contributed by atoms with E-state index in [0.29, 0.717) is 0 Å². The van der Waals surface area contributed by atoms with Crippen molar-refractivity contribution >= 4 is 8.69 Å². The van der Waals surface area contributed by atoms with Gasteiger partial charge in [0.1, 0.15) is 0 Å². The van der Waals surface area contributed by atoms with Crippen molar-refractivity contribution in [3.8, 4) is 0 Å². The maximum atomic E-state index is 9.81. The lowest BCUT2D eigenvalue weighted by Crippen LogP contribution is -2.02. The average Bonchev–Trinajstić information content (AvgIpc) is 1.83. The van der Waals surface area contributed by atoms with Crippen LogP contribution in [-0.4, -0.2) is 6.10 Å². The quantitative estimate of drug-likeness (QED) is 0.552. The molecule has 0 N–H and O–H groups in total. The Balaban J connectivity index is 3.20. The number of hydrogen-bond donors (Lipinski definition) is 0. The molecule has 0 saturated heterocycles. The Kier molecular flexibility index (Phi) is 5.24. The van der Waals surface area contributed by atoms with Gasteiger partial charge < -0.3 is 0 Å². The third-order valence-corrected chi connectivity index (χ3v) is 1.49. The van der Waals surface area contributed by atoms with Crippen molar-refractivity contribution < 1.29 is 9.09 Å². The summed E-state index contributed by atoms with van der Waals surface area (Å²) < 4.78 is 14.6. The first-order chi connectivity index (χ1) is 3.85. The Morgan fingerprint density at radius 2 is 2.00 bits per heavy atom. The minimum Gasteiger partial charge on any atom is -0.291 e. The fourth-order valence-electron chi connectivity index (χ4n) is 0.499. The van der Waals surface area contributed by atoms with E-state index < -0.39 is 0 Å². The highest BCUT2D eigenvalue weighted by atomic mass is 31.1. The van der Waals surface area contributed by atoms with Crippen molar-refractivity contribution in [1.82, 2.24) is 0 Å². The molecule has 0 aromatic carbocycles. The highest BCUT2D eigenvalue weighted by Gasteiger charge is 2.00. The van der Waals surface area contributed by atoms with Crippen molar-refractivity contribution in [2.75, 3.05) is 0 Å². The molecule has 3 heteroatoms. The van der Waals surface area contributed by atoms with Crippen LogP contribution in [0.4, 0.5) is 0 Å². The van der Waals surface area contributed by atoms with Gasteiger partial charge in [0.2, 0.25) is 0 Å². The summed E-state index contributed by atoms with van der Waals surface area (Å²) in [5.41, 5.74) is 0. The van der Waals surface area contributed by atoms with E-state index in [1.807, 2.05) is 13.8 Å². The molecular weight excluding hydrogens is 123 g/mol. The first-order valence-corrected chi connectivity index (χ1v) is 3.56. The summed E-state index contributed by atoms with van der Waals surface area (Å²) in [4.78, 5) is 0. The van der Waals surface area contributed by atoms with Gasteiger partial charge in [-0.15, -0.1) is 0 Å². The third kappa shape index (κ3) is 3.11. The van der Waals surface area contributed by atoms with Crippen LogP contribution in [0.1, 0.15) is 26.7 Å². The van der Waals surface area contributed by atoms with E-state index in [2.05, 4.69) is 0 Å². The third-order valence-electron chi connectivity index (χ3n) is 1.10. The monoisotopic (exact) mass is 134 g/mol. The van der Waals surface area contributed by atoms with Crippen molar-refractivity contribution in [3.05, 3.63) is 0 Å². The molecule has 0 saturated carbocycles. The number of hydrogen-bond acceptors (Lipinski definition) is 2. The highest BCUT2D eigenvalue weighted by Crippen LogP contribution is 2.08. The molecule has 0 atom stereocenters. The molecule has 0 bridgehead atoms. The standard InChI is InChI=1S/C5H11O2P/c1-3-5(4-2)7-8-6/h5H,3-4H2,1-2H3. The molecule has 0 aliphatic heterocycles. The minimum atomic E-state index is -0.195. The van der Waals surface area contributed by atoms with Crippen LogP contribution in [0.2, 0.25) is 0 Å². The predicted octanol–water partition coefficient (Wildman–Crippen LogP) is 2.40. The maximum Gasteiger partial charge on any atom is 0.327 e. The van der Waals surface area contributed by atoms with Gasteiger partial charge in [0, 0.05) is 0 Å². The van der Waals surface area contributed by atoms with E-state index in [1.165, 1.54) is 0 Å². The van der Waals surface area contributed by atoms with Gasteiger partial charge in [0.05, 0.1) is 6.10 Å². The zero-order valence-electron chi connectivity index (χ0n) is 5.26. The van der Waals surface area contributed by atoms with Gasteiger partial charge in [-0.25, -0.2) is 4.57 Å². The molecule has 0 amide bonds. The van der Waals surface area contributed by atoms with Crippen molar-refractivity contribution in [2.24, 2.45) is 0 Å². The van der Waals surface area contributed by atoms with Gasteiger partial charge in [-0.3, -0.25) is 4.52 Å². The summed E-state index contributed by atoms with van der Waals surface area (Å²) in [6.07, 6.45) is 2.05. The molecule has 0 aliphatic carbocycles. The lowest BCUT2D eigenvalue weighted by molar-refractivity contribution is 0.214. The molecule has 0 rings (SSSR count). The van der Waals surface area contributed by atoms with Gasteiger partial charge in [-0.1, -0.05) is 13.8 Å². The van der Waals surface area contributed by atoms with Crippen LogP contribution in [-0.2, 0) is 9.09 Å². The summed E-state index contributed by atoms with van der Waals surface area (Å²) in [6, 6.07) is 0. The van der Waals surface area contributed by atoms with Crippen LogP contribution in [0.5, 0.6) is 0 Å². The highest BCUT2D eigenvalue weighted by molar-refractivity contribution is 7.17. The lowest BCUT2D eigenvalue weighted by atomic mass is 10.2. The zero-order chi connectivity index (χ0) is 6.41. The lowest BCUT2D eigenvalue weighted by Gasteiger charge is -2.04. The Labute approximate surface area is 51.5 Å². The van der Waals surface area contributed by atoms with Crippen LogP contribution in [0.25, 0.3) is 0 Å². The van der Waals surface area contributed by atoms with E-state index in [0.717, 1.165) is 12.8 Å². The van der Waals surface area contributed by atoms with Gasteiger partial charge in [0.25, 0.3) is 0 Å². The second-order valence-electron chi connectivity index (χ2n) is 1.62. The Bertz CT molecular complexity index is 61.4. The summed E-state index contributed by atoms with van der Waals surface area (Å²) in [5, 5.41) is 0. The largest absolute Gasteiger partial charge is 0.327 e. The van der Waals surface area contributed by atoms with Crippen LogP contribution in [0, 0.1) is 0 Å². The van der Waals surface area contributed by atoms with Crippen molar-refractivity contribution in [1.29, 1.82) is 0 Å². The fourth-order valence-corrected chi connectivity index (χ4v) is 0.918. The van der Waals surface area contributed by atoms with E-state index in [1.54, 1.807) is 0 Å². The SMILES string of the molecule is CCC(CC)OP=O. The van der Waals surface area contributed by atoms with Crippen molar-refractivity contribution in [2.45, 2.75) is 32.8 Å². The first kappa shape index (κ1) is 8.06. The van der Waals surface area contributed by atoms with Gasteiger partial charge in [-0.05, 0) is 12.8 Å². The Morgan fingerprint density at radius 3 is 2.12 bits per heavy atom. The summed E-state index contributed by atoms with van der Waals surface area (Å²) >= 11 is 0. The first-order valence-electron chi connectivity index (χ1n) is 2.83. The van der Waals surface area contributed by atoms with Crippen LogP contribution >= 0.6 is 8.69 Å². The summed E-state index contributed by atoms with van der Waals surface area (Å²) in [7, 11) is -0.195. The van der Waals surface area contributed by atoms with Gasteiger partial charge in [0.15, 0.2) is 0 Å². The zero-order valence-corrected chi connectivity index (χ0v) is 6.15. The molecule has 0 aromatic heterocycles. The minimum absolute atomic E-state index is 0.175. The smallest absolute Gasteiger partial charge is 0.291 e. The van der Waals surface area contributed by atoms with E-state index in [9.17, 15) is 4.57 Å². The van der Waals surface area contributed by atoms with Crippen LogP contribution in [0.3, 0.4) is 0 Å². The van der Waals surface area contributed by atoms with Crippen molar-refractivity contribution in [3.63, 3.8) is 0 Å². The second-order valence-corrected chi connectivity index (χ2v) is 1.98. The molecule has 0 aliphatic rings. The molecule has 0 spiro atoms. The molecule has 0 radical (unpaired) electrons. The van der Waals surface area contributed by atoms with E-state index >= 15 is 0 Å². The number of rotatable bonds is 4. The second kappa shape index (κ2) is 5.20.